The summed E-state index contributed by atoms with van der Waals surface area (Å²) in [6, 6.07) is 7.18. The second kappa shape index (κ2) is 7.88. The molecule has 0 amide bonds. The number of rotatable bonds is 8. The van der Waals surface area contributed by atoms with Crippen LogP contribution < -0.4 is 4.74 Å². The first kappa shape index (κ1) is 14.7. The van der Waals surface area contributed by atoms with Gasteiger partial charge in [-0.25, -0.2) is 0 Å². The van der Waals surface area contributed by atoms with Gasteiger partial charge < -0.3 is 9.47 Å². The van der Waals surface area contributed by atoms with Crippen molar-refractivity contribution in [2.45, 2.75) is 39.7 Å². The van der Waals surface area contributed by atoms with Crippen LogP contribution in [-0.2, 0) is 4.74 Å². The number of ether oxygens (including phenoxy) is 2. The zero-order chi connectivity index (χ0) is 13.4. The number of carbonyl (C=O) groups is 1. The lowest BCUT2D eigenvalue weighted by Gasteiger charge is -2.11. The van der Waals surface area contributed by atoms with Crippen molar-refractivity contribution in [3.05, 3.63) is 29.8 Å². The maximum Gasteiger partial charge on any atom is 0.188 e. The molecular formula is C15H22O3. The molecule has 0 aromatic heterocycles. The van der Waals surface area contributed by atoms with Gasteiger partial charge in [0.2, 0.25) is 0 Å². The number of hydrogen-bond donors (Lipinski definition) is 0. The summed E-state index contributed by atoms with van der Waals surface area (Å²) in [6.45, 7) is 6.81. The highest BCUT2D eigenvalue weighted by Crippen LogP contribution is 2.13. The van der Waals surface area contributed by atoms with Crippen molar-refractivity contribution in [1.82, 2.24) is 0 Å². The third kappa shape index (κ3) is 4.88. The average molecular weight is 250 g/mol. The summed E-state index contributed by atoms with van der Waals surface area (Å²) in [5.74, 6) is 0.801. The van der Waals surface area contributed by atoms with Crippen molar-refractivity contribution in [3.8, 4) is 5.75 Å². The highest BCUT2D eigenvalue weighted by molar-refractivity contribution is 5.97. The Morgan fingerprint density at radius 1 is 1.22 bits per heavy atom. The van der Waals surface area contributed by atoms with E-state index in [-0.39, 0.29) is 18.5 Å². The second-order valence-electron chi connectivity index (χ2n) is 4.29. The largest absolute Gasteiger partial charge is 0.494 e. The highest BCUT2D eigenvalue weighted by atomic mass is 16.5. The van der Waals surface area contributed by atoms with E-state index in [1.807, 2.05) is 26.0 Å². The van der Waals surface area contributed by atoms with Crippen LogP contribution in [0.25, 0.3) is 0 Å². The van der Waals surface area contributed by atoms with Crippen LogP contribution in [0, 0.1) is 0 Å². The van der Waals surface area contributed by atoms with Crippen LogP contribution in [0.5, 0.6) is 5.75 Å². The Bertz CT molecular complexity index is 357. The maximum atomic E-state index is 11.9. The molecule has 1 aromatic carbocycles. The fourth-order valence-corrected chi connectivity index (χ4v) is 1.69. The predicted molar refractivity (Wildman–Crippen MR) is 72.3 cm³/mol. The molecule has 100 valence electrons. The van der Waals surface area contributed by atoms with E-state index in [1.54, 1.807) is 12.1 Å². The molecule has 0 saturated heterocycles. The third-order valence-electron chi connectivity index (χ3n) is 2.68. The van der Waals surface area contributed by atoms with Gasteiger partial charge in [0.05, 0.1) is 12.7 Å². The minimum Gasteiger partial charge on any atom is -0.494 e. The summed E-state index contributed by atoms with van der Waals surface area (Å²) in [6.07, 6.45) is 2.19. The van der Waals surface area contributed by atoms with E-state index in [0.717, 1.165) is 18.6 Å². The van der Waals surface area contributed by atoms with Crippen molar-refractivity contribution >= 4 is 5.78 Å². The van der Waals surface area contributed by atoms with Crippen molar-refractivity contribution in [2.24, 2.45) is 0 Å². The zero-order valence-electron chi connectivity index (χ0n) is 11.4. The minimum atomic E-state index is 0.0148. The molecule has 0 aliphatic heterocycles. The van der Waals surface area contributed by atoms with Crippen LogP contribution >= 0.6 is 0 Å². The predicted octanol–water partition coefficient (Wildman–Crippen LogP) is 3.47. The van der Waals surface area contributed by atoms with Gasteiger partial charge in [0.1, 0.15) is 12.4 Å². The van der Waals surface area contributed by atoms with Gasteiger partial charge in [0.25, 0.3) is 0 Å². The summed E-state index contributed by atoms with van der Waals surface area (Å²) < 4.78 is 10.8. The smallest absolute Gasteiger partial charge is 0.188 e. The van der Waals surface area contributed by atoms with Gasteiger partial charge in [-0.05, 0) is 44.5 Å². The molecule has 0 N–H and O–H groups in total. The Balaban J connectivity index is 2.46. The molecule has 0 fully saturated rings. The van der Waals surface area contributed by atoms with Crippen LogP contribution in [0.1, 0.15) is 44.0 Å². The zero-order valence-corrected chi connectivity index (χ0v) is 11.4. The first-order chi connectivity index (χ1) is 8.67. The molecule has 0 aliphatic carbocycles. The lowest BCUT2D eigenvalue weighted by atomic mass is 10.1. The quantitative estimate of drug-likeness (QED) is 0.663. The van der Waals surface area contributed by atoms with Crippen LogP contribution in [0.15, 0.2) is 24.3 Å². The van der Waals surface area contributed by atoms with Gasteiger partial charge in [0, 0.05) is 5.56 Å². The molecule has 1 unspecified atom stereocenters. The van der Waals surface area contributed by atoms with Crippen LogP contribution in [0.4, 0.5) is 0 Å². The van der Waals surface area contributed by atoms with Crippen molar-refractivity contribution in [1.29, 1.82) is 0 Å². The molecule has 0 bridgehead atoms. The first-order valence-electron chi connectivity index (χ1n) is 6.55. The van der Waals surface area contributed by atoms with Crippen LogP contribution in [0.3, 0.4) is 0 Å². The lowest BCUT2D eigenvalue weighted by molar-refractivity contribution is 0.0490. The molecule has 0 spiro atoms. The number of Topliss-reactive ketones (excluding diaryl/α,β-unsaturated/α-hetero) is 1. The number of benzene rings is 1. The summed E-state index contributed by atoms with van der Waals surface area (Å²) >= 11 is 0. The number of ketones is 1. The Kier molecular flexibility index (Phi) is 6.44. The van der Waals surface area contributed by atoms with Crippen LogP contribution in [-0.4, -0.2) is 25.1 Å². The molecule has 1 atom stereocenters. The Labute approximate surface area is 109 Å². The van der Waals surface area contributed by atoms with Gasteiger partial charge in [-0.3, -0.25) is 4.79 Å². The van der Waals surface area contributed by atoms with E-state index in [4.69, 9.17) is 9.47 Å². The first-order valence-corrected chi connectivity index (χ1v) is 6.55. The third-order valence-corrected chi connectivity index (χ3v) is 2.68. The molecule has 18 heavy (non-hydrogen) atoms. The van der Waals surface area contributed by atoms with E-state index in [2.05, 4.69) is 6.92 Å². The molecule has 3 heteroatoms. The Morgan fingerprint density at radius 2 is 1.89 bits per heavy atom. The molecule has 0 heterocycles. The topological polar surface area (TPSA) is 35.5 Å². The van der Waals surface area contributed by atoms with Gasteiger partial charge >= 0.3 is 0 Å². The molecule has 3 nitrogen and oxygen atoms in total. The highest BCUT2D eigenvalue weighted by Gasteiger charge is 2.08. The normalized spacial score (nSPS) is 12.2. The summed E-state index contributed by atoms with van der Waals surface area (Å²) in [5, 5.41) is 0. The Hall–Kier alpha value is -1.35. The molecular weight excluding hydrogens is 228 g/mol. The average Bonchev–Trinajstić information content (AvgIpc) is 2.37. The van der Waals surface area contributed by atoms with Crippen molar-refractivity contribution < 1.29 is 14.3 Å². The van der Waals surface area contributed by atoms with E-state index in [0.29, 0.717) is 12.2 Å². The minimum absolute atomic E-state index is 0.0148. The molecule has 1 rings (SSSR count). The van der Waals surface area contributed by atoms with E-state index < -0.39 is 0 Å². The number of hydrogen-bond acceptors (Lipinski definition) is 3. The van der Waals surface area contributed by atoms with Crippen molar-refractivity contribution in [2.75, 3.05) is 13.2 Å². The van der Waals surface area contributed by atoms with Gasteiger partial charge in [-0.2, -0.15) is 0 Å². The summed E-state index contributed by atoms with van der Waals surface area (Å²) in [7, 11) is 0. The van der Waals surface area contributed by atoms with E-state index >= 15 is 0 Å². The second-order valence-corrected chi connectivity index (χ2v) is 4.29. The maximum absolute atomic E-state index is 11.9. The van der Waals surface area contributed by atoms with Crippen molar-refractivity contribution in [3.63, 3.8) is 0 Å². The monoisotopic (exact) mass is 250 g/mol. The van der Waals surface area contributed by atoms with E-state index in [9.17, 15) is 4.79 Å². The van der Waals surface area contributed by atoms with Gasteiger partial charge in [-0.15, -0.1) is 0 Å². The summed E-state index contributed by atoms with van der Waals surface area (Å²) in [4.78, 5) is 11.9. The molecule has 0 radical (unpaired) electrons. The summed E-state index contributed by atoms with van der Waals surface area (Å²) in [5.41, 5.74) is 0.669. The number of carbonyl (C=O) groups excluding carboxylic acids is 1. The fourth-order valence-electron chi connectivity index (χ4n) is 1.69. The Morgan fingerprint density at radius 3 is 2.44 bits per heavy atom. The standard InChI is InChI=1S/C15H22O3/c1-4-6-12(3)18-11-15(16)13-7-9-14(10-8-13)17-5-2/h7-10,12H,4-6,11H2,1-3H3. The molecule has 0 aliphatic rings. The SMILES string of the molecule is CCCC(C)OCC(=O)c1ccc(OCC)cc1. The van der Waals surface area contributed by atoms with Gasteiger partial charge in [0.15, 0.2) is 5.78 Å². The van der Waals surface area contributed by atoms with Gasteiger partial charge in [-0.1, -0.05) is 13.3 Å². The fraction of sp³-hybridized carbons (Fsp3) is 0.533. The molecule has 1 aromatic rings. The molecule has 0 saturated carbocycles. The van der Waals surface area contributed by atoms with Crippen LogP contribution in [0.2, 0.25) is 0 Å². The lowest BCUT2D eigenvalue weighted by Crippen LogP contribution is -2.15. The van der Waals surface area contributed by atoms with E-state index in [1.165, 1.54) is 0 Å².